The molecule has 0 unspecified atom stereocenters. The summed E-state index contributed by atoms with van der Waals surface area (Å²) in [7, 11) is 0. The number of fused-ring (bicyclic) bond motifs is 1. The second-order valence-corrected chi connectivity index (χ2v) is 7.12. The van der Waals surface area contributed by atoms with E-state index in [1.165, 1.54) is 31.2 Å². The third-order valence-electron chi connectivity index (χ3n) is 5.30. The maximum atomic E-state index is 11.1. The highest BCUT2D eigenvalue weighted by molar-refractivity contribution is 5.79. The Labute approximate surface area is 151 Å². The van der Waals surface area contributed by atoms with Crippen LogP contribution in [0, 0.1) is 6.92 Å². The fraction of sp³-hybridized carbons (Fsp3) is 0.478. The Morgan fingerprint density at radius 1 is 1.04 bits per heavy atom. The zero-order valence-corrected chi connectivity index (χ0v) is 15.6. The Hall–Kier alpha value is -1.96. The Bertz CT molecular complexity index is 704. The van der Waals surface area contributed by atoms with Gasteiger partial charge in [0, 0.05) is 16.7 Å². The largest absolute Gasteiger partial charge is 0.507 e. The predicted molar refractivity (Wildman–Crippen MR) is 105 cm³/mol. The molecule has 0 bridgehead atoms. The zero-order chi connectivity index (χ0) is 17.6. The van der Waals surface area contributed by atoms with E-state index in [4.69, 9.17) is 4.74 Å². The van der Waals surface area contributed by atoms with Gasteiger partial charge in [-0.3, -0.25) is 0 Å². The number of benzene rings is 2. The van der Waals surface area contributed by atoms with Gasteiger partial charge in [-0.05, 0) is 43.7 Å². The summed E-state index contributed by atoms with van der Waals surface area (Å²) < 4.78 is 6.05. The number of unbranched alkanes of at least 4 members (excludes halogenated alkanes) is 4. The number of ether oxygens (including phenoxy) is 1. The number of phenols is 1. The van der Waals surface area contributed by atoms with E-state index in [2.05, 4.69) is 26.0 Å². The Kier molecular flexibility index (Phi) is 6.01. The van der Waals surface area contributed by atoms with Crippen molar-refractivity contribution in [2.45, 2.75) is 65.2 Å². The van der Waals surface area contributed by atoms with E-state index in [-0.39, 0.29) is 0 Å². The first kappa shape index (κ1) is 17.8. The molecule has 0 radical (unpaired) electrons. The minimum atomic E-state index is 0.475. The summed E-state index contributed by atoms with van der Waals surface area (Å²) in [6, 6.07) is 10.3. The van der Waals surface area contributed by atoms with E-state index in [1.54, 1.807) is 0 Å². The predicted octanol–water partition coefficient (Wildman–Crippen LogP) is 6.21. The summed E-state index contributed by atoms with van der Waals surface area (Å²) in [6.07, 6.45) is 9.11. The number of hydrogen-bond acceptors (Lipinski definition) is 2. The van der Waals surface area contributed by atoms with Crippen LogP contribution in [0.3, 0.4) is 0 Å². The lowest BCUT2D eigenvalue weighted by molar-refractivity contribution is 0.285. The highest BCUT2D eigenvalue weighted by Gasteiger charge is 2.25. The maximum Gasteiger partial charge on any atom is 0.127 e. The standard InChI is InChI=1S/C23H30O2/c1-3-4-5-6-10-14-19-17(2)23-20(15-11-16-25-23)21(22(19)24)18-12-8-7-9-13-18/h7-9,12-13,24H,3-6,10-11,14-16H2,1-2H3. The van der Waals surface area contributed by atoms with Crippen molar-refractivity contribution in [2.24, 2.45) is 0 Å². The van der Waals surface area contributed by atoms with Crippen molar-refractivity contribution in [1.29, 1.82) is 0 Å². The molecule has 1 N–H and O–H groups in total. The lowest BCUT2D eigenvalue weighted by atomic mass is 9.87. The average molecular weight is 338 g/mol. The molecule has 0 atom stereocenters. The summed E-state index contributed by atoms with van der Waals surface area (Å²) >= 11 is 0. The van der Waals surface area contributed by atoms with Crippen LogP contribution < -0.4 is 4.74 Å². The van der Waals surface area contributed by atoms with Crippen molar-refractivity contribution in [3.05, 3.63) is 47.0 Å². The number of rotatable bonds is 7. The summed E-state index contributed by atoms with van der Waals surface area (Å²) in [6.45, 7) is 5.13. The van der Waals surface area contributed by atoms with Crippen LogP contribution in [0.2, 0.25) is 0 Å². The summed E-state index contributed by atoms with van der Waals surface area (Å²) in [5, 5.41) is 11.1. The van der Waals surface area contributed by atoms with Crippen LogP contribution in [0.15, 0.2) is 30.3 Å². The van der Waals surface area contributed by atoms with E-state index in [0.29, 0.717) is 5.75 Å². The molecule has 1 heterocycles. The molecule has 2 nitrogen and oxygen atoms in total. The van der Waals surface area contributed by atoms with E-state index < -0.39 is 0 Å². The molecule has 134 valence electrons. The van der Waals surface area contributed by atoms with Crippen molar-refractivity contribution >= 4 is 0 Å². The number of phenolic OH excluding ortho intramolecular Hbond substituents is 1. The molecular weight excluding hydrogens is 308 g/mol. The van der Waals surface area contributed by atoms with Crippen molar-refractivity contribution in [2.75, 3.05) is 6.61 Å². The van der Waals surface area contributed by atoms with Crippen molar-refractivity contribution in [3.63, 3.8) is 0 Å². The fourth-order valence-electron chi connectivity index (χ4n) is 3.93. The van der Waals surface area contributed by atoms with E-state index in [1.807, 2.05) is 18.2 Å². The third kappa shape index (κ3) is 3.84. The molecular formula is C23H30O2. The summed E-state index contributed by atoms with van der Waals surface area (Å²) in [5.74, 6) is 1.50. The minimum Gasteiger partial charge on any atom is -0.507 e. The molecule has 0 fully saturated rings. The van der Waals surface area contributed by atoms with E-state index in [0.717, 1.165) is 60.3 Å². The van der Waals surface area contributed by atoms with Crippen LogP contribution in [0.1, 0.15) is 62.1 Å². The molecule has 0 spiro atoms. The Morgan fingerprint density at radius 3 is 2.56 bits per heavy atom. The van der Waals surface area contributed by atoms with Crippen LogP contribution in [0.4, 0.5) is 0 Å². The van der Waals surface area contributed by atoms with Gasteiger partial charge in [0.05, 0.1) is 6.61 Å². The first-order valence-electron chi connectivity index (χ1n) is 9.79. The first-order valence-corrected chi connectivity index (χ1v) is 9.79. The van der Waals surface area contributed by atoms with Crippen molar-refractivity contribution < 1.29 is 9.84 Å². The van der Waals surface area contributed by atoms with Gasteiger partial charge in [-0.15, -0.1) is 0 Å². The Balaban J connectivity index is 1.98. The third-order valence-corrected chi connectivity index (χ3v) is 5.30. The smallest absolute Gasteiger partial charge is 0.127 e. The topological polar surface area (TPSA) is 29.5 Å². The summed E-state index contributed by atoms with van der Waals surface area (Å²) in [4.78, 5) is 0. The minimum absolute atomic E-state index is 0.475. The van der Waals surface area contributed by atoms with E-state index >= 15 is 0 Å². The molecule has 0 saturated carbocycles. The molecule has 2 aromatic carbocycles. The molecule has 25 heavy (non-hydrogen) atoms. The fourth-order valence-corrected chi connectivity index (χ4v) is 3.93. The van der Waals surface area contributed by atoms with Crippen molar-refractivity contribution in [1.82, 2.24) is 0 Å². The maximum absolute atomic E-state index is 11.1. The van der Waals surface area contributed by atoms with Gasteiger partial charge in [-0.25, -0.2) is 0 Å². The highest BCUT2D eigenvalue weighted by atomic mass is 16.5. The molecule has 1 aliphatic heterocycles. The van der Waals surface area contributed by atoms with Gasteiger partial charge in [0.15, 0.2) is 0 Å². The second kappa shape index (κ2) is 8.42. The monoisotopic (exact) mass is 338 g/mol. The zero-order valence-electron chi connectivity index (χ0n) is 15.6. The average Bonchev–Trinajstić information content (AvgIpc) is 2.65. The van der Waals surface area contributed by atoms with Gasteiger partial charge in [0.25, 0.3) is 0 Å². The van der Waals surface area contributed by atoms with Crippen LogP contribution in [0.5, 0.6) is 11.5 Å². The molecule has 0 saturated heterocycles. The molecule has 2 aromatic rings. The van der Waals surface area contributed by atoms with Gasteiger partial charge in [0.1, 0.15) is 11.5 Å². The molecule has 2 heteroatoms. The lowest BCUT2D eigenvalue weighted by Crippen LogP contribution is -2.13. The number of hydrogen-bond donors (Lipinski definition) is 1. The first-order chi connectivity index (χ1) is 12.2. The van der Waals surface area contributed by atoms with Crippen LogP contribution >= 0.6 is 0 Å². The van der Waals surface area contributed by atoms with Crippen molar-refractivity contribution in [3.8, 4) is 22.6 Å². The molecule has 0 amide bonds. The van der Waals surface area contributed by atoms with Crippen LogP contribution in [0.25, 0.3) is 11.1 Å². The molecule has 0 aromatic heterocycles. The highest BCUT2D eigenvalue weighted by Crippen LogP contribution is 2.46. The van der Waals surface area contributed by atoms with Crippen LogP contribution in [-0.2, 0) is 12.8 Å². The second-order valence-electron chi connectivity index (χ2n) is 7.12. The molecule has 0 aliphatic carbocycles. The van der Waals surface area contributed by atoms with E-state index in [9.17, 15) is 5.11 Å². The molecule has 1 aliphatic rings. The normalized spacial score (nSPS) is 13.4. The van der Waals surface area contributed by atoms with Gasteiger partial charge in [0.2, 0.25) is 0 Å². The summed E-state index contributed by atoms with van der Waals surface area (Å²) in [5.41, 5.74) is 5.49. The SMILES string of the molecule is CCCCCCCc1c(C)c2c(c(-c3ccccc3)c1O)CCCO2. The van der Waals surface area contributed by atoms with Gasteiger partial charge in [-0.1, -0.05) is 62.9 Å². The van der Waals surface area contributed by atoms with Gasteiger partial charge < -0.3 is 9.84 Å². The Morgan fingerprint density at radius 2 is 1.80 bits per heavy atom. The van der Waals surface area contributed by atoms with Gasteiger partial charge >= 0.3 is 0 Å². The van der Waals surface area contributed by atoms with Gasteiger partial charge in [-0.2, -0.15) is 0 Å². The molecule has 3 rings (SSSR count). The quantitative estimate of drug-likeness (QED) is 0.609. The van der Waals surface area contributed by atoms with Crippen LogP contribution in [-0.4, -0.2) is 11.7 Å². The number of aromatic hydroxyl groups is 1. The lowest BCUT2D eigenvalue weighted by Gasteiger charge is -2.26.